The fourth-order valence-electron chi connectivity index (χ4n) is 7.49. The van der Waals surface area contributed by atoms with Crippen LogP contribution < -0.4 is 20.9 Å². The number of phenols is 1. The van der Waals surface area contributed by atoms with Crippen LogP contribution in [0, 0.1) is 0 Å². The lowest BCUT2D eigenvalue weighted by Crippen LogP contribution is -2.58. The molecule has 1 saturated heterocycles. The van der Waals surface area contributed by atoms with Crippen molar-refractivity contribution < 1.29 is 54.1 Å². The molecule has 1 heterocycles. The normalized spacial score (nSPS) is 21.9. The predicted octanol–water partition coefficient (Wildman–Crippen LogP) is 2.79. The van der Waals surface area contributed by atoms with Crippen LogP contribution in [0.15, 0.2) is 60.7 Å². The maximum Gasteiger partial charge on any atom is 0.308 e. The number of nitrogens with two attached hydrogens (primary N) is 2. The molecule has 5 atom stereocenters. The minimum Gasteiger partial charge on any atom is -0.507 e. The zero-order chi connectivity index (χ0) is 38.6. The van der Waals surface area contributed by atoms with Crippen molar-refractivity contribution in [2.75, 3.05) is 0 Å². The summed E-state index contributed by atoms with van der Waals surface area (Å²) in [5, 5.41) is 54.3. The van der Waals surface area contributed by atoms with E-state index in [1.54, 1.807) is 24.3 Å². The monoisotopic (exact) mass is 736 g/mol. The van der Waals surface area contributed by atoms with Crippen molar-refractivity contribution in [3.63, 3.8) is 0 Å². The van der Waals surface area contributed by atoms with Crippen LogP contribution in [0.25, 0.3) is 11.6 Å². The number of hydrogen-bond acceptors (Lipinski definition) is 13. The Morgan fingerprint density at radius 2 is 1.65 bits per heavy atom. The van der Waals surface area contributed by atoms with Gasteiger partial charge in [0.2, 0.25) is 6.29 Å². The quantitative estimate of drug-likeness (QED) is 0.0691. The molecule has 54 heavy (non-hydrogen) atoms. The van der Waals surface area contributed by atoms with Crippen LogP contribution in [0.5, 0.6) is 17.2 Å². The molecular weight excluding hydrogens is 696 g/mol. The highest BCUT2D eigenvalue weighted by Gasteiger charge is 2.45. The largest absolute Gasteiger partial charge is 0.507 e. The van der Waals surface area contributed by atoms with Crippen molar-refractivity contribution in [3.8, 4) is 17.2 Å². The molecule has 280 valence electrons. The van der Waals surface area contributed by atoms with E-state index >= 15 is 0 Å². The molecule has 4 aromatic rings. The van der Waals surface area contributed by atoms with E-state index in [-0.39, 0.29) is 56.9 Å². The average molecular weight is 737 g/mol. The summed E-state index contributed by atoms with van der Waals surface area (Å²) in [6, 6.07) is 17.2. The van der Waals surface area contributed by atoms with Crippen LogP contribution in [0.4, 0.5) is 0 Å². The molecule has 0 unspecified atom stereocenters. The minimum absolute atomic E-state index is 0.0111. The van der Waals surface area contributed by atoms with Crippen molar-refractivity contribution in [1.82, 2.24) is 0 Å². The van der Waals surface area contributed by atoms with E-state index in [1.165, 1.54) is 26.0 Å². The molecule has 0 spiro atoms. The van der Waals surface area contributed by atoms with Crippen LogP contribution >= 0.6 is 0 Å². The first-order valence-electron chi connectivity index (χ1n) is 17.5. The summed E-state index contributed by atoms with van der Waals surface area (Å²) >= 11 is 0. The Balaban J connectivity index is 1.45. The Morgan fingerprint density at radius 1 is 0.889 bits per heavy atom. The summed E-state index contributed by atoms with van der Waals surface area (Å²) < 4.78 is 17.5. The number of rotatable bonds is 8. The van der Waals surface area contributed by atoms with Crippen molar-refractivity contribution in [1.29, 1.82) is 0 Å². The van der Waals surface area contributed by atoms with Gasteiger partial charge in [0.05, 0.1) is 24.4 Å². The lowest BCUT2D eigenvalue weighted by atomic mass is 9.75. The Bertz CT molecular complexity index is 2230. The number of aryl methyl sites for hydroxylation is 1. The van der Waals surface area contributed by atoms with Crippen LogP contribution in [0.2, 0.25) is 0 Å². The zero-order valence-electron chi connectivity index (χ0n) is 29.5. The molecule has 0 aromatic heterocycles. The number of ether oxygens (including phenoxy) is 3. The Hall–Kier alpha value is -5.25. The number of benzene rings is 4. The van der Waals surface area contributed by atoms with E-state index in [9.17, 15) is 39.9 Å². The molecule has 13 heteroatoms. The van der Waals surface area contributed by atoms with E-state index in [4.69, 9.17) is 25.7 Å². The average Bonchev–Trinajstić information content (AvgIpc) is 3.15. The molecule has 3 aliphatic rings. The number of fused-ring (bicyclic) bond motifs is 3. The fraction of sp³-hybridized carbons (Fsp3) is 0.293. The van der Waals surface area contributed by atoms with Gasteiger partial charge in [-0.15, -0.1) is 0 Å². The summed E-state index contributed by atoms with van der Waals surface area (Å²) in [5.41, 5.74) is 14.9. The van der Waals surface area contributed by atoms with Gasteiger partial charge in [0.1, 0.15) is 35.6 Å². The van der Waals surface area contributed by atoms with E-state index in [2.05, 4.69) is 0 Å². The summed E-state index contributed by atoms with van der Waals surface area (Å²) in [7, 11) is 0. The second-order valence-electron chi connectivity index (χ2n) is 13.8. The first kappa shape index (κ1) is 37.1. The molecule has 1 fully saturated rings. The van der Waals surface area contributed by atoms with Gasteiger partial charge in [0.25, 0.3) is 0 Å². The molecule has 4 aromatic carbocycles. The Labute approximate surface area is 310 Å². The highest BCUT2D eigenvalue weighted by atomic mass is 16.7. The molecule has 1 aliphatic heterocycles. The number of esters is 1. The lowest BCUT2D eigenvalue weighted by molar-refractivity contribution is -0.268. The predicted molar refractivity (Wildman–Crippen MR) is 195 cm³/mol. The van der Waals surface area contributed by atoms with Gasteiger partial charge in [-0.1, -0.05) is 54.6 Å². The number of ketones is 2. The Morgan fingerprint density at radius 3 is 2.37 bits per heavy atom. The number of aliphatic hydroxyl groups excluding tert-OH is 4. The van der Waals surface area contributed by atoms with E-state index in [0.29, 0.717) is 29.5 Å². The van der Waals surface area contributed by atoms with E-state index in [1.807, 2.05) is 30.3 Å². The van der Waals surface area contributed by atoms with Gasteiger partial charge >= 0.3 is 5.97 Å². The molecule has 13 nitrogen and oxygen atoms in total. The van der Waals surface area contributed by atoms with E-state index < -0.39 is 66.8 Å². The first-order chi connectivity index (χ1) is 25.8. The number of aromatic hydroxyl groups is 1. The van der Waals surface area contributed by atoms with Gasteiger partial charge < -0.3 is 51.2 Å². The topological polar surface area (TPSA) is 232 Å². The number of carbonyl (C=O) groups excluding carboxylic acids is 3. The van der Waals surface area contributed by atoms with Crippen LogP contribution in [-0.2, 0) is 29.0 Å². The van der Waals surface area contributed by atoms with Crippen molar-refractivity contribution in [2.45, 2.75) is 76.6 Å². The van der Waals surface area contributed by atoms with Gasteiger partial charge in [0.15, 0.2) is 11.6 Å². The van der Waals surface area contributed by atoms with Gasteiger partial charge in [-0.25, -0.2) is 0 Å². The summed E-state index contributed by atoms with van der Waals surface area (Å²) in [6.07, 6.45) is -5.38. The minimum atomic E-state index is -1.75. The fourth-order valence-corrected chi connectivity index (χ4v) is 7.49. The number of hydrogen-bond donors (Lipinski definition) is 7. The standard InChI is InChI=1S/C41H40N2O11/c1-18-34(46)38(50)39(51)41(52-18)54-28-16-27-32(35(47)26(28)13-20-6-5-9-24(12-20)40(42)43)37(49)31-25(17-44)15-29(53-19(2)45)30(33(31)36(27)48)23-11-10-21-7-3-4-8-22(21)14-23/h3-9,12,14-16,18,34,38-41,44,46-47,50-51H,10-11,13,17,42-43H2,1-2H3/t18-,34+,38+,39+,41+/m0/s1. The summed E-state index contributed by atoms with van der Waals surface area (Å²) in [5.74, 6) is -2.96. The molecule has 7 rings (SSSR count). The molecule has 0 radical (unpaired) electrons. The molecular formula is C41H40N2O11. The number of allylic oxidation sites excluding steroid dienone is 1. The van der Waals surface area contributed by atoms with Crippen LogP contribution in [0.1, 0.15) is 97.2 Å². The number of carbonyl (C=O) groups is 3. The van der Waals surface area contributed by atoms with Gasteiger partial charge in [0, 0.05) is 41.2 Å². The lowest BCUT2D eigenvalue weighted by Gasteiger charge is -2.39. The summed E-state index contributed by atoms with van der Waals surface area (Å²) in [4.78, 5) is 42.0. The second-order valence-corrected chi connectivity index (χ2v) is 13.8. The van der Waals surface area contributed by atoms with Gasteiger partial charge in [-0.05, 0) is 65.3 Å². The van der Waals surface area contributed by atoms with Gasteiger partial charge in [-0.3, -0.25) is 14.4 Å². The Kier molecular flexibility index (Phi) is 9.98. The van der Waals surface area contributed by atoms with Crippen molar-refractivity contribution in [3.05, 3.63) is 122 Å². The molecule has 2 aliphatic carbocycles. The molecule has 9 N–H and O–H groups in total. The third-order valence-corrected chi connectivity index (χ3v) is 10.2. The highest BCUT2D eigenvalue weighted by Crippen LogP contribution is 2.47. The third-order valence-electron chi connectivity index (χ3n) is 10.2. The maximum absolute atomic E-state index is 14.9. The highest BCUT2D eigenvalue weighted by molar-refractivity contribution is 6.31. The van der Waals surface area contributed by atoms with Crippen molar-refractivity contribution >= 4 is 29.2 Å². The van der Waals surface area contributed by atoms with Crippen LogP contribution in [0.3, 0.4) is 0 Å². The maximum atomic E-state index is 14.9. The molecule has 0 amide bonds. The third kappa shape index (κ3) is 6.49. The number of aliphatic hydroxyl groups is 4. The van der Waals surface area contributed by atoms with Gasteiger partial charge in [-0.2, -0.15) is 0 Å². The van der Waals surface area contributed by atoms with E-state index in [0.717, 1.165) is 11.1 Å². The zero-order valence-corrected chi connectivity index (χ0v) is 29.5. The molecule has 0 bridgehead atoms. The second kappa shape index (κ2) is 14.5. The smallest absolute Gasteiger partial charge is 0.308 e. The summed E-state index contributed by atoms with van der Waals surface area (Å²) in [6.45, 7) is 1.98. The SMILES string of the molecule is CC(=O)Oc1cc(CO)c2c(c1C1=Cc3ccccc3CC1)C(=O)c1cc(O[C@H]3O[C@@H](C)[C@@H](O)[C@@H](O)[C@H]3O)c(Cc3cccc(C(N)N)c3)c(O)c1C2=O. The first-order valence-corrected chi connectivity index (χ1v) is 17.5. The van der Waals surface area contributed by atoms with Crippen LogP contribution in [-0.4, -0.2) is 73.8 Å². The molecule has 0 saturated carbocycles. The van der Waals surface area contributed by atoms with Crippen molar-refractivity contribution in [2.24, 2.45) is 11.5 Å². The number of phenolic OH excluding ortho intramolecular Hbond substituents is 1.